The van der Waals surface area contributed by atoms with Crippen LogP contribution in [0.2, 0.25) is 0 Å². The number of aliphatic hydroxyl groups is 2. The van der Waals surface area contributed by atoms with E-state index < -0.39 is 0 Å². The molecule has 4 nitrogen and oxygen atoms in total. The van der Waals surface area contributed by atoms with E-state index in [9.17, 15) is 0 Å². The van der Waals surface area contributed by atoms with Gasteiger partial charge in [-0.25, -0.2) is 0 Å². The summed E-state index contributed by atoms with van der Waals surface area (Å²) in [6.45, 7) is -0.352. The van der Waals surface area contributed by atoms with E-state index in [1.165, 1.54) is 6.20 Å². The molecule has 0 aliphatic rings. The molecule has 0 aromatic carbocycles. The molecule has 0 fully saturated rings. The van der Waals surface area contributed by atoms with Gasteiger partial charge in [0.25, 0.3) is 0 Å². The van der Waals surface area contributed by atoms with Crippen LogP contribution in [0.3, 0.4) is 0 Å². The number of hydrogen-bond acceptors (Lipinski definition) is 4. The number of nitrogens with zero attached hydrogens (tertiary/aromatic N) is 1. The fourth-order valence-electron chi connectivity index (χ4n) is 0.544. The van der Waals surface area contributed by atoms with Gasteiger partial charge in [-0.2, -0.15) is 0 Å². The Hall–Kier alpha value is -0.870. The highest BCUT2D eigenvalue weighted by Gasteiger charge is 2.03. The molecule has 0 spiro atoms. The van der Waals surface area contributed by atoms with Crippen molar-refractivity contribution in [2.45, 2.75) is 13.2 Å². The van der Waals surface area contributed by atoms with Crippen molar-refractivity contribution in [1.29, 1.82) is 0 Å². The van der Waals surface area contributed by atoms with Crippen molar-refractivity contribution in [2.75, 3.05) is 0 Å². The summed E-state index contributed by atoms with van der Waals surface area (Å²) in [6, 6.07) is 0. The molecule has 1 heterocycles. The summed E-state index contributed by atoms with van der Waals surface area (Å²) in [5, 5.41) is 20.4. The maximum absolute atomic E-state index is 8.53. The van der Waals surface area contributed by atoms with Crippen molar-refractivity contribution in [3.05, 3.63) is 17.5 Å². The average molecular weight is 129 g/mol. The molecule has 0 unspecified atom stereocenters. The van der Waals surface area contributed by atoms with Gasteiger partial charge in [0.05, 0.1) is 12.8 Å². The molecule has 2 N–H and O–H groups in total. The molecule has 0 saturated heterocycles. The van der Waals surface area contributed by atoms with E-state index in [4.69, 9.17) is 10.2 Å². The van der Waals surface area contributed by atoms with Crippen LogP contribution in [0.4, 0.5) is 0 Å². The van der Waals surface area contributed by atoms with Crippen LogP contribution in [0.1, 0.15) is 11.3 Å². The molecule has 0 atom stereocenters. The van der Waals surface area contributed by atoms with E-state index in [0.717, 1.165) is 0 Å². The SMILES string of the molecule is OCc1cnoc1CO. The van der Waals surface area contributed by atoms with E-state index in [1.807, 2.05) is 0 Å². The van der Waals surface area contributed by atoms with Crippen molar-refractivity contribution >= 4 is 0 Å². The number of rotatable bonds is 2. The zero-order valence-corrected chi connectivity index (χ0v) is 4.74. The Labute approximate surface area is 51.7 Å². The van der Waals surface area contributed by atoms with E-state index in [0.29, 0.717) is 11.3 Å². The van der Waals surface area contributed by atoms with Crippen molar-refractivity contribution in [3.63, 3.8) is 0 Å². The molecule has 1 aromatic heterocycles. The third kappa shape index (κ3) is 1.09. The molecule has 0 amide bonds. The summed E-state index contributed by atoms with van der Waals surface area (Å²) in [4.78, 5) is 0. The Morgan fingerprint density at radius 2 is 2.22 bits per heavy atom. The van der Waals surface area contributed by atoms with E-state index in [2.05, 4.69) is 9.68 Å². The normalized spacial score (nSPS) is 10.0. The topological polar surface area (TPSA) is 66.5 Å². The fraction of sp³-hybridized carbons (Fsp3) is 0.400. The van der Waals surface area contributed by atoms with Crippen LogP contribution >= 0.6 is 0 Å². The lowest BCUT2D eigenvalue weighted by Gasteiger charge is -1.88. The van der Waals surface area contributed by atoms with Gasteiger partial charge in [0.2, 0.25) is 0 Å². The van der Waals surface area contributed by atoms with Gasteiger partial charge in [-0.1, -0.05) is 5.16 Å². The lowest BCUT2D eigenvalue weighted by Crippen LogP contribution is -1.86. The summed E-state index contributed by atoms with van der Waals surface area (Å²) in [5.41, 5.74) is 0.539. The highest BCUT2D eigenvalue weighted by Crippen LogP contribution is 2.05. The molecule has 4 heteroatoms. The Balaban J connectivity index is 2.85. The van der Waals surface area contributed by atoms with Crippen LogP contribution in [0, 0.1) is 0 Å². The lowest BCUT2D eigenvalue weighted by atomic mass is 10.3. The molecule has 1 rings (SSSR count). The molecule has 0 aliphatic heterocycles. The van der Waals surface area contributed by atoms with Gasteiger partial charge in [-0.3, -0.25) is 0 Å². The first-order chi connectivity index (χ1) is 4.38. The van der Waals surface area contributed by atoms with Crippen LogP contribution in [0.5, 0.6) is 0 Å². The van der Waals surface area contributed by atoms with Crippen molar-refractivity contribution in [2.24, 2.45) is 0 Å². The largest absolute Gasteiger partial charge is 0.391 e. The minimum atomic E-state index is -0.212. The second-order valence-electron chi connectivity index (χ2n) is 1.59. The fourth-order valence-corrected chi connectivity index (χ4v) is 0.544. The lowest BCUT2D eigenvalue weighted by molar-refractivity contribution is 0.219. The summed E-state index contributed by atoms with van der Waals surface area (Å²) >= 11 is 0. The summed E-state index contributed by atoms with van der Waals surface area (Å²) in [5.74, 6) is 0.331. The Bertz CT molecular complexity index is 166. The number of hydrogen-bond donors (Lipinski definition) is 2. The van der Waals surface area contributed by atoms with E-state index >= 15 is 0 Å². The number of aromatic nitrogens is 1. The van der Waals surface area contributed by atoms with Crippen molar-refractivity contribution < 1.29 is 14.7 Å². The monoisotopic (exact) mass is 129 g/mol. The average Bonchev–Trinajstić information content (AvgIpc) is 2.33. The highest BCUT2D eigenvalue weighted by atomic mass is 16.5. The molecule has 9 heavy (non-hydrogen) atoms. The molecule has 1 aromatic rings. The van der Waals surface area contributed by atoms with Crippen LogP contribution in [-0.4, -0.2) is 15.4 Å². The third-order valence-corrected chi connectivity index (χ3v) is 1.04. The van der Waals surface area contributed by atoms with Crippen molar-refractivity contribution in [3.8, 4) is 0 Å². The molecule has 0 radical (unpaired) electrons. The molecule has 0 bridgehead atoms. The molecule has 50 valence electrons. The van der Waals surface area contributed by atoms with Gasteiger partial charge in [0.1, 0.15) is 6.61 Å². The molecule has 0 aliphatic carbocycles. The van der Waals surface area contributed by atoms with Crippen LogP contribution in [0.25, 0.3) is 0 Å². The Kier molecular flexibility index (Phi) is 1.81. The van der Waals surface area contributed by atoms with E-state index in [1.54, 1.807) is 0 Å². The predicted octanol–water partition coefficient (Wildman–Crippen LogP) is -0.341. The zero-order valence-electron chi connectivity index (χ0n) is 4.74. The van der Waals surface area contributed by atoms with Gasteiger partial charge in [-0.05, 0) is 0 Å². The van der Waals surface area contributed by atoms with Crippen LogP contribution in [0.15, 0.2) is 10.7 Å². The van der Waals surface area contributed by atoms with Gasteiger partial charge in [0.15, 0.2) is 5.76 Å². The highest BCUT2D eigenvalue weighted by molar-refractivity contribution is 5.10. The maximum Gasteiger partial charge on any atom is 0.167 e. The first-order valence-corrected chi connectivity index (χ1v) is 2.52. The van der Waals surface area contributed by atoms with Crippen LogP contribution in [-0.2, 0) is 13.2 Å². The summed E-state index contributed by atoms with van der Waals surface area (Å²) in [7, 11) is 0. The van der Waals surface area contributed by atoms with Gasteiger partial charge in [-0.15, -0.1) is 0 Å². The second-order valence-corrected chi connectivity index (χ2v) is 1.59. The van der Waals surface area contributed by atoms with Gasteiger partial charge < -0.3 is 14.7 Å². The minimum Gasteiger partial charge on any atom is -0.391 e. The first kappa shape index (κ1) is 6.25. The summed E-state index contributed by atoms with van der Waals surface area (Å²) in [6.07, 6.45) is 1.38. The zero-order chi connectivity index (χ0) is 6.69. The van der Waals surface area contributed by atoms with Gasteiger partial charge in [0, 0.05) is 5.56 Å². The quantitative estimate of drug-likeness (QED) is 0.573. The third-order valence-electron chi connectivity index (χ3n) is 1.04. The molecular formula is C5H7NO3. The smallest absolute Gasteiger partial charge is 0.167 e. The van der Waals surface area contributed by atoms with E-state index in [-0.39, 0.29) is 13.2 Å². The minimum absolute atomic E-state index is 0.139. The van der Waals surface area contributed by atoms with Gasteiger partial charge >= 0.3 is 0 Å². The summed E-state index contributed by atoms with van der Waals surface area (Å²) < 4.78 is 4.54. The Morgan fingerprint density at radius 1 is 1.44 bits per heavy atom. The maximum atomic E-state index is 8.53. The van der Waals surface area contributed by atoms with Crippen LogP contribution < -0.4 is 0 Å². The molecular weight excluding hydrogens is 122 g/mol. The number of aliphatic hydroxyl groups excluding tert-OH is 2. The molecule has 0 saturated carbocycles. The standard InChI is InChI=1S/C5H7NO3/c7-2-4-1-6-9-5(4)3-8/h1,7-8H,2-3H2. The Morgan fingerprint density at radius 3 is 2.67 bits per heavy atom. The first-order valence-electron chi connectivity index (χ1n) is 2.52. The predicted molar refractivity (Wildman–Crippen MR) is 28.3 cm³/mol. The van der Waals surface area contributed by atoms with Crippen molar-refractivity contribution in [1.82, 2.24) is 5.16 Å². The second kappa shape index (κ2) is 2.61.